The molecule has 0 amide bonds. The summed E-state index contributed by atoms with van der Waals surface area (Å²) in [4.78, 5) is 14.5. The molecule has 0 saturated heterocycles. The maximum Gasteiger partial charge on any atom is 0.119 e. The van der Waals surface area contributed by atoms with Gasteiger partial charge in [-0.05, 0) is 56.9 Å². The third-order valence-electron chi connectivity index (χ3n) is 4.43. The van der Waals surface area contributed by atoms with Gasteiger partial charge in [0.25, 0.3) is 0 Å². The quantitative estimate of drug-likeness (QED) is 0.347. The van der Waals surface area contributed by atoms with Crippen molar-refractivity contribution in [2.45, 2.75) is 58.8 Å². The van der Waals surface area contributed by atoms with Crippen LogP contribution in [0.1, 0.15) is 58.9 Å². The molecule has 0 radical (unpaired) electrons. The summed E-state index contributed by atoms with van der Waals surface area (Å²) < 4.78 is 5.90. The van der Waals surface area contributed by atoms with Gasteiger partial charge in [-0.2, -0.15) is 0 Å². The van der Waals surface area contributed by atoms with E-state index in [1.54, 1.807) is 0 Å². The summed E-state index contributed by atoms with van der Waals surface area (Å²) in [5.41, 5.74) is 3.52. The van der Waals surface area contributed by atoms with Gasteiger partial charge in [0.05, 0.1) is 25.5 Å². The highest BCUT2D eigenvalue weighted by molar-refractivity contribution is 5.99. The average molecular weight is 319 g/mol. The van der Waals surface area contributed by atoms with E-state index < -0.39 is 0 Å². The molecule has 128 valence electrons. The number of hydrogen-bond donors (Lipinski definition) is 0. The fourth-order valence-corrected chi connectivity index (χ4v) is 2.67. The van der Waals surface area contributed by atoms with Crippen molar-refractivity contribution in [3.8, 4) is 5.75 Å². The zero-order valence-electron chi connectivity index (χ0n) is 14.9. The second-order valence-corrected chi connectivity index (χ2v) is 6.49. The number of ether oxygens (including phenoxy) is 1. The lowest BCUT2D eigenvalue weighted by molar-refractivity contribution is -0.291. The predicted octanol–water partition coefficient (Wildman–Crippen LogP) is 4.98. The van der Waals surface area contributed by atoms with Gasteiger partial charge >= 0.3 is 0 Å². The van der Waals surface area contributed by atoms with Gasteiger partial charge in [-0.1, -0.05) is 20.3 Å². The minimum atomic E-state index is 0.00919. The summed E-state index contributed by atoms with van der Waals surface area (Å²) in [6.45, 7) is 10.5. The highest BCUT2D eigenvalue weighted by Gasteiger charge is 2.32. The van der Waals surface area contributed by atoms with Gasteiger partial charge < -0.3 is 4.74 Å². The lowest BCUT2D eigenvalue weighted by atomic mass is 9.82. The molecule has 0 unspecified atom stereocenters. The topological polar surface area (TPSA) is 40.0 Å². The normalized spacial score (nSPS) is 15.4. The first-order valence-electron chi connectivity index (χ1n) is 8.63. The van der Waals surface area contributed by atoms with Crippen molar-refractivity contribution in [2.24, 2.45) is 4.99 Å². The number of hydrogen-bond acceptors (Lipinski definition) is 4. The van der Waals surface area contributed by atoms with Gasteiger partial charge in [0, 0.05) is 11.1 Å². The minimum Gasteiger partial charge on any atom is -0.494 e. The highest BCUT2D eigenvalue weighted by Crippen LogP contribution is 2.41. The van der Waals surface area contributed by atoms with E-state index in [4.69, 9.17) is 14.5 Å². The molecule has 1 aromatic rings. The Morgan fingerprint density at radius 3 is 2.48 bits per heavy atom. The SMILES string of the molecule is CCOOCCCCCCOc1ccc2c(c1)C(C)(C)C(C)=N2. The molecule has 1 aliphatic heterocycles. The minimum absolute atomic E-state index is 0.00919. The molecule has 0 fully saturated rings. The van der Waals surface area contributed by atoms with Gasteiger partial charge in [0.15, 0.2) is 0 Å². The molecule has 4 nitrogen and oxygen atoms in total. The Labute approximate surface area is 139 Å². The highest BCUT2D eigenvalue weighted by atomic mass is 17.2. The molecule has 4 heteroatoms. The average Bonchev–Trinajstić information content (AvgIpc) is 2.76. The first kappa shape index (κ1) is 18.0. The van der Waals surface area contributed by atoms with E-state index in [1.165, 1.54) is 11.3 Å². The molecule has 2 rings (SSSR count). The van der Waals surface area contributed by atoms with Crippen LogP contribution in [-0.2, 0) is 15.2 Å². The molecule has 0 atom stereocenters. The van der Waals surface area contributed by atoms with Gasteiger partial charge in [0.2, 0.25) is 0 Å². The van der Waals surface area contributed by atoms with Crippen LogP contribution in [0.3, 0.4) is 0 Å². The van der Waals surface area contributed by atoms with Crippen molar-refractivity contribution < 1.29 is 14.5 Å². The van der Waals surface area contributed by atoms with Gasteiger partial charge in [0.1, 0.15) is 5.75 Å². The molecule has 1 aliphatic rings. The molecule has 0 spiro atoms. The number of unbranched alkanes of at least 4 members (excludes halogenated alkanes) is 3. The van der Waals surface area contributed by atoms with E-state index in [1.807, 2.05) is 13.0 Å². The summed E-state index contributed by atoms with van der Waals surface area (Å²) in [5, 5.41) is 0. The van der Waals surface area contributed by atoms with Crippen LogP contribution in [0.15, 0.2) is 23.2 Å². The number of benzene rings is 1. The van der Waals surface area contributed by atoms with E-state index in [0.717, 1.165) is 43.7 Å². The smallest absolute Gasteiger partial charge is 0.119 e. The molecular formula is C19H29NO3. The monoisotopic (exact) mass is 319 g/mol. The van der Waals surface area contributed by atoms with Gasteiger partial charge in [-0.3, -0.25) is 4.99 Å². The van der Waals surface area contributed by atoms with Gasteiger partial charge in [-0.15, -0.1) is 0 Å². The summed E-state index contributed by atoms with van der Waals surface area (Å²) in [6, 6.07) is 6.23. The second kappa shape index (κ2) is 8.46. The Hall–Kier alpha value is -1.39. The van der Waals surface area contributed by atoms with E-state index in [0.29, 0.717) is 13.2 Å². The van der Waals surface area contributed by atoms with Crippen LogP contribution in [0, 0.1) is 0 Å². The standard InChI is InChI=1S/C19H29NO3/c1-5-22-23-13-9-7-6-8-12-21-16-10-11-18-17(14-16)19(3,4)15(2)20-18/h10-11,14H,5-9,12-13H2,1-4H3. The van der Waals surface area contributed by atoms with Crippen molar-refractivity contribution in [1.29, 1.82) is 0 Å². The first-order chi connectivity index (χ1) is 11.1. The Bertz CT molecular complexity index is 537. The van der Waals surface area contributed by atoms with Crippen LogP contribution in [0.4, 0.5) is 5.69 Å². The Balaban J connectivity index is 1.68. The predicted molar refractivity (Wildman–Crippen MR) is 93.8 cm³/mol. The van der Waals surface area contributed by atoms with E-state index in [2.05, 4.69) is 37.9 Å². The summed E-state index contributed by atoms with van der Waals surface area (Å²) in [6.07, 6.45) is 4.38. The third kappa shape index (κ3) is 4.79. The second-order valence-electron chi connectivity index (χ2n) is 6.49. The fourth-order valence-electron chi connectivity index (χ4n) is 2.67. The Morgan fingerprint density at radius 2 is 1.74 bits per heavy atom. The zero-order valence-corrected chi connectivity index (χ0v) is 14.9. The zero-order chi connectivity index (χ0) is 16.7. The van der Waals surface area contributed by atoms with Crippen molar-refractivity contribution >= 4 is 11.4 Å². The molecule has 0 bridgehead atoms. The lowest BCUT2D eigenvalue weighted by Crippen LogP contribution is -2.22. The molecule has 0 saturated carbocycles. The maximum absolute atomic E-state index is 5.90. The molecule has 0 aromatic heterocycles. The van der Waals surface area contributed by atoms with Crippen molar-refractivity contribution in [1.82, 2.24) is 0 Å². The van der Waals surface area contributed by atoms with Crippen LogP contribution in [0.2, 0.25) is 0 Å². The number of aliphatic imine (C=N–C) groups is 1. The molecule has 1 aromatic carbocycles. The van der Waals surface area contributed by atoms with Crippen molar-refractivity contribution in [3.05, 3.63) is 23.8 Å². The summed E-state index contributed by atoms with van der Waals surface area (Å²) >= 11 is 0. The van der Waals surface area contributed by atoms with E-state index >= 15 is 0 Å². The largest absolute Gasteiger partial charge is 0.494 e. The first-order valence-corrected chi connectivity index (χ1v) is 8.63. The van der Waals surface area contributed by atoms with Gasteiger partial charge in [-0.25, -0.2) is 9.78 Å². The number of rotatable bonds is 10. The Morgan fingerprint density at radius 1 is 1.00 bits per heavy atom. The Kier molecular flexibility index (Phi) is 6.60. The van der Waals surface area contributed by atoms with Crippen LogP contribution < -0.4 is 4.74 Å². The number of nitrogens with zero attached hydrogens (tertiary/aromatic N) is 1. The summed E-state index contributed by atoms with van der Waals surface area (Å²) in [5.74, 6) is 0.946. The third-order valence-corrected chi connectivity index (χ3v) is 4.43. The molecule has 0 N–H and O–H groups in total. The van der Waals surface area contributed by atoms with Crippen LogP contribution in [-0.4, -0.2) is 25.5 Å². The molecule has 23 heavy (non-hydrogen) atoms. The fraction of sp³-hybridized carbons (Fsp3) is 0.632. The maximum atomic E-state index is 5.90. The van der Waals surface area contributed by atoms with E-state index in [9.17, 15) is 0 Å². The lowest BCUT2D eigenvalue weighted by Gasteiger charge is -2.20. The van der Waals surface area contributed by atoms with Crippen molar-refractivity contribution in [3.63, 3.8) is 0 Å². The number of fused-ring (bicyclic) bond motifs is 1. The van der Waals surface area contributed by atoms with Crippen LogP contribution in [0.5, 0.6) is 5.75 Å². The molecule has 1 heterocycles. The molecule has 0 aliphatic carbocycles. The van der Waals surface area contributed by atoms with Crippen molar-refractivity contribution in [2.75, 3.05) is 19.8 Å². The summed E-state index contributed by atoms with van der Waals surface area (Å²) in [7, 11) is 0. The molecular weight excluding hydrogens is 290 g/mol. The van der Waals surface area contributed by atoms with Crippen LogP contribution in [0.25, 0.3) is 0 Å². The van der Waals surface area contributed by atoms with E-state index in [-0.39, 0.29) is 5.41 Å². The van der Waals surface area contributed by atoms with Crippen LogP contribution >= 0.6 is 0 Å².